The van der Waals surface area contributed by atoms with Gasteiger partial charge in [-0.3, -0.25) is 9.59 Å². The molecule has 0 heterocycles. The maximum absolute atomic E-state index is 13.1. The summed E-state index contributed by atoms with van der Waals surface area (Å²) in [4.78, 5) is 27.6. The lowest BCUT2D eigenvalue weighted by Crippen LogP contribution is -2.49. The van der Waals surface area contributed by atoms with E-state index in [-0.39, 0.29) is 11.8 Å². The number of nitrogens with one attached hydrogen (secondary N) is 1. The van der Waals surface area contributed by atoms with Crippen LogP contribution in [0.1, 0.15) is 44.2 Å². The first-order valence-corrected chi connectivity index (χ1v) is 11.5. The van der Waals surface area contributed by atoms with Gasteiger partial charge in [-0.05, 0) is 24.0 Å². The molecule has 5 heteroatoms. The molecule has 0 spiro atoms. The molecule has 0 aliphatic carbocycles. The SMILES string of the molecule is CCCCNC(=O)[C@@H](CC)N(Cc1ccccc1)C(=O)CSCc1ccccc1. The minimum absolute atomic E-state index is 0.00674. The molecule has 2 rings (SSSR count). The molecule has 1 atom stereocenters. The van der Waals surface area contributed by atoms with Gasteiger partial charge in [-0.1, -0.05) is 80.9 Å². The summed E-state index contributed by atoms with van der Waals surface area (Å²) in [5.74, 6) is 1.09. The lowest BCUT2D eigenvalue weighted by molar-refractivity contribution is -0.139. The molecule has 29 heavy (non-hydrogen) atoms. The summed E-state index contributed by atoms with van der Waals surface area (Å²) in [6, 6.07) is 19.6. The fourth-order valence-electron chi connectivity index (χ4n) is 3.12. The van der Waals surface area contributed by atoms with Crippen molar-refractivity contribution in [2.24, 2.45) is 0 Å². The number of thioether (sulfide) groups is 1. The summed E-state index contributed by atoms with van der Waals surface area (Å²) in [7, 11) is 0. The van der Waals surface area contributed by atoms with E-state index < -0.39 is 6.04 Å². The van der Waals surface area contributed by atoms with Gasteiger partial charge in [-0.15, -0.1) is 11.8 Å². The standard InChI is InChI=1S/C24H32N2O2S/c1-3-5-16-25-24(28)22(4-2)26(17-20-12-8-6-9-13-20)23(27)19-29-18-21-14-10-7-11-15-21/h6-15,22H,3-5,16-19H2,1-2H3,(H,25,28)/t22-/m1/s1. The monoisotopic (exact) mass is 412 g/mol. The van der Waals surface area contributed by atoms with Crippen LogP contribution in [0.25, 0.3) is 0 Å². The van der Waals surface area contributed by atoms with E-state index in [1.54, 1.807) is 16.7 Å². The summed E-state index contributed by atoms with van der Waals surface area (Å²) in [5, 5.41) is 3.00. The molecule has 0 aliphatic rings. The highest BCUT2D eigenvalue weighted by molar-refractivity contribution is 7.99. The highest BCUT2D eigenvalue weighted by Gasteiger charge is 2.28. The lowest BCUT2D eigenvalue weighted by atomic mass is 10.1. The Labute approximate surface area is 179 Å². The van der Waals surface area contributed by atoms with Gasteiger partial charge in [0.25, 0.3) is 0 Å². The van der Waals surface area contributed by atoms with E-state index in [1.165, 1.54) is 5.56 Å². The summed E-state index contributed by atoms with van der Waals surface area (Å²) in [5.41, 5.74) is 2.23. The Hall–Kier alpha value is -2.27. The van der Waals surface area contributed by atoms with E-state index in [2.05, 4.69) is 24.4 Å². The molecule has 156 valence electrons. The number of rotatable bonds is 12. The molecule has 2 amide bonds. The average molecular weight is 413 g/mol. The zero-order valence-corrected chi connectivity index (χ0v) is 18.3. The van der Waals surface area contributed by atoms with Crippen molar-refractivity contribution in [3.05, 3.63) is 71.8 Å². The third-order valence-electron chi connectivity index (χ3n) is 4.75. The molecule has 0 fully saturated rings. The Bertz CT molecular complexity index is 737. The number of hydrogen-bond acceptors (Lipinski definition) is 3. The van der Waals surface area contributed by atoms with Crippen LogP contribution in [0.4, 0.5) is 0 Å². The predicted molar refractivity (Wildman–Crippen MR) is 122 cm³/mol. The van der Waals surface area contributed by atoms with Crippen molar-refractivity contribution in [3.8, 4) is 0 Å². The zero-order chi connectivity index (χ0) is 20.9. The maximum Gasteiger partial charge on any atom is 0.242 e. The van der Waals surface area contributed by atoms with Crippen LogP contribution in [0.2, 0.25) is 0 Å². The van der Waals surface area contributed by atoms with Gasteiger partial charge < -0.3 is 10.2 Å². The normalized spacial score (nSPS) is 11.7. The molecular formula is C24H32N2O2S. The van der Waals surface area contributed by atoms with Crippen LogP contribution in [0, 0.1) is 0 Å². The quantitative estimate of drug-likeness (QED) is 0.517. The van der Waals surface area contributed by atoms with Crippen LogP contribution in [0.15, 0.2) is 60.7 Å². The van der Waals surface area contributed by atoms with Gasteiger partial charge >= 0.3 is 0 Å². The summed E-state index contributed by atoms with van der Waals surface area (Å²) in [6.45, 7) is 5.17. The van der Waals surface area contributed by atoms with E-state index in [9.17, 15) is 9.59 Å². The van der Waals surface area contributed by atoms with Crippen molar-refractivity contribution in [1.29, 1.82) is 0 Å². The number of nitrogens with zero attached hydrogens (tertiary/aromatic N) is 1. The van der Waals surface area contributed by atoms with Crippen LogP contribution in [-0.4, -0.2) is 35.1 Å². The number of hydrogen-bond donors (Lipinski definition) is 1. The number of amides is 2. The Kier molecular flexibility index (Phi) is 10.4. The summed E-state index contributed by atoms with van der Waals surface area (Å²) < 4.78 is 0. The van der Waals surface area contributed by atoms with Crippen LogP contribution in [-0.2, 0) is 21.9 Å². The van der Waals surface area contributed by atoms with Crippen molar-refractivity contribution in [1.82, 2.24) is 10.2 Å². The number of carbonyl (C=O) groups excluding carboxylic acids is 2. The van der Waals surface area contributed by atoms with E-state index >= 15 is 0 Å². The first kappa shape index (κ1) is 23.0. The molecule has 0 bridgehead atoms. The van der Waals surface area contributed by atoms with Gasteiger partial charge in [0.05, 0.1) is 5.75 Å². The van der Waals surface area contributed by atoms with Crippen LogP contribution < -0.4 is 5.32 Å². The van der Waals surface area contributed by atoms with Crippen LogP contribution in [0.3, 0.4) is 0 Å². The average Bonchev–Trinajstić information content (AvgIpc) is 2.75. The van der Waals surface area contributed by atoms with E-state index in [0.29, 0.717) is 25.3 Å². The van der Waals surface area contributed by atoms with E-state index in [0.717, 1.165) is 24.2 Å². The zero-order valence-electron chi connectivity index (χ0n) is 17.5. The van der Waals surface area contributed by atoms with E-state index in [4.69, 9.17) is 0 Å². The van der Waals surface area contributed by atoms with Crippen molar-refractivity contribution in [3.63, 3.8) is 0 Å². The molecule has 0 aliphatic heterocycles. The fraction of sp³-hybridized carbons (Fsp3) is 0.417. The van der Waals surface area contributed by atoms with Crippen LogP contribution in [0.5, 0.6) is 0 Å². The molecule has 1 N–H and O–H groups in total. The third kappa shape index (κ3) is 7.94. The number of carbonyl (C=O) groups is 2. The molecule has 0 saturated heterocycles. The summed E-state index contributed by atoms with van der Waals surface area (Å²) >= 11 is 1.59. The number of unbranched alkanes of at least 4 members (excludes halogenated alkanes) is 1. The molecule has 0 unspecified atom stereocenters. The highest BCUT2D eigenvalue weighted by atomic mass is 32.2. The van der Waals surface area contributed by atoms with Gasteiger partial charge in [-0.2, -0.15) is 0 Å². The Morgan fingerprint density at radius 2 is 1.59 bits per heavy atom. The van der Waals surface area contributed by atoms with Gasteiger partial charge in [-0.25, -0.2) is 0 Å². The van der Waals surface area contributed by atoms with Gasteiger partial charge in [0.15, 0.2) is 0 Å². The molecule has 0 radical (unpaired) electrons. The van der Waals surface area contributed by atoms with Crippen molar-refractivity contribution in [2.75, 3.05) is 12.3 Å². The first-order chi connectivity index (χ1) is 14.2. The first-order valence-electron chi connectivity index (χ1n) is 10.4. The van der Waals surface area contributed by atoms with Gasteiger partial charge in [0.1, 0.15) is 6.04 Å². The smallest absolute Gasteiger partial charge is 0.242 e. The Morgan fingerprint density at radius 1 is 0.966 bits per heavy atom. The van der Waals surface area contributed by atoms with E-state index in [1.807, 2.05) is 55.5 Å². The molecule has 2 aromatic rings. The van der Waals surface area contributed by atoms with Crippen LogP contribution >= 0.6 is 11.8 Å². The van der Waals surface area contributed by atoms with Crippen molar-refractivity contribution in [2.45, 2.75) is 51.4 Å². The second kappa shape index (κ2) is 13.0. The molecular weight excluding hydrogens is 380 g/mol. The molecule has 2 aromatic carbocycles. The maximum atomic E-state index is 13.1. The summed E-state index contributed by atoms with van der Waals surface area (Å²) in [6.07, 6.45) is 2.57. The Balaban J connectivity index is 2.05. The van der Waals surface area contributed by atoms with Gasteiger partial charge in [0.2, 0.25) is 11.8 Å². The Morgan fingerprint density at radius 3 is 2.17 bits per heavy atom. The minimum atomic E-state index is -0.447. The topological polar surface area (TPSA) is 49.4 Å². The second-order valence-corrected chi connectivity index (χ2v) is 8.04. The van der Waals surface area contributed by atoms with Crippen molar-refractivity contribution >= 4 is 23.6 Å². The fourth-order valence-corrected chi connectivity index (χ4v) is 3.99. The second-order valence-electron chi connectivity index (χ2n) is 7.05. The molecule has 0 aromatic heterocycles. The number of benzene rings is 2. The predicted octanol–water partition coefficient (Wildman–Crippen LogP) is 4.64. The minimum Gasteiger partial charge on any atom is -0.354 e. The van der Waals surface area contributed by atoms with Gasteiger partial charge in [0, 0.05) is 18.8 Å². The molecule has 4 nitrogen and oxygen atoms in total. The largest absolute Gasteiger partial charge is 0.354 e. The molecule has 0 saturated carbocycles. The third-order valence-corrected chi connectivity index (χ3v) is 5.74. The highest BCUT2D eigenvalue weighted by Crippen LogP contribution is 2.17. The lowest BCUT2D eigenvalue weighted by Gasteiger charge is -2.30. The van der Waals surface area contributed by atoms with Crippen molar-refractivity contribution < 1.29 is 9.59 Å².